The highest BCUT2D eigenvalue weighted by Gasteiger charge is 2.15. The van der Waals surface area contributed by atoms with Crippen LogP contribution in [0.15, 0.2) is 58.9 Å². The number of allylic oxidation sites excluding steroid dienone is 5. The molecule has 1 aliphatic rings. The summed E-state index contributed by atoms with van der Waals surface area (Å²) < 4.78 is 14.3. The summed E-state index contributed by atoms with van der Waals surface area (Å²) in [7, 11) is 0. The quantitative estimate of drug-likeness (QED) is 0.492. The van der Waals surface area contributed by atoms with Gasteiger partial charge in [-0.25, -0.2) is 4.39 Å². The lowest BCUT2D eigenvalue weighted by molar-refractivity contribution is 0.284. The summed E-state index contributed by atoms with van der Waals surface area (Å²) in [4.78, 5) is 7.11. The SMILES string of the molecule is C.C=C(C)N=C(/C=C(\CC)c1ccccc1F)/C(C)=C(\C)N1CCCCC1. The number of aliphatic imine (C=N–C) groups is 1. The average Bonchev–Trinajstić information content (AvgIpc) is 2.65. The number of piperidine rings is 1. The zero-order valence-corrected chi connectivity index (χ0v) is 16.6. The Morgan fingerprint density at radius 2 is 1.78 bits per heavy atom. The van der Waals surface area contributed by atoms with Crippen molar-refractivity contribution in [3.05, 3.63) is 65.3 Å². The van der Waals surface area contributed by atoms with Crippen LogP contribution in [0.2, 0.25) is 0 Å². The minimum atomic E-state index is -0.190. The van der Waals surface area contributed by atoms with Crippen molar-refractivity contribution in [1.82, 2.24) is 4.90 Å². The van der Waals surface area contributed by atoms with Gasteiger partial charge in [0.1, 0.15) is 5.82 Å². The Morgan fingerprint density at radius 3 is 2.33 bits per heavy atom. The first-order chi connectivity index (χ1) is 12.4. The predicted molar refractivity (Wildman–Crippen MR) is 117 cm³/mol. The van der Waals surface area contributed by atoms with Gasteiger partial charge in [0, 0.05) is 30.0 Å². The minimum Gasteiger partial charge on any atom is -0.375 e. The van der Waals surface area contributed by atoms with Crippen LogP contribution in [-0.4, -0.2) is 23.7 Å². The molecule has 1 heterocycles. The maximum absolute atomic E-state index is 14.3. The first kappa shape index (κ1) is 22.9. The fourth-order valence-corrected chi connectivity index (χ4v) is 3.34. The average molecular weight is 371 g/mol. The van der Waals surface area contributed by atoms with E-state index in [1.54, 1.807) is 6.07 Å². The first-order valence-electron chi connectivity index (χ1n) is 9.56. The molecular formula is C24H35FN2. The maximum Gasteiger partial charge on any atom is 0.130 e. The van der Waals surface area contributed by atoms with Gasteiger partial charge in [0.05, 0.1) is 5.71 Å². The van der Waals surface area contributed by atoms with Gasteiger partial charge in [-0.1, -0.05) is 39.1 Å². The van der Waals surface area contributed by atoms with Crippen molar-refractivity contribution in [2.75, 3.05) is 13.1 Å². The molecule has 148 valence electrons. The number of halogens is 1. The molecule has 0 saturated carbocycles. The molecule has 3 heteroatoms. The molecule has 0 amide bonds. The molecular weight excluding hydrogens is 335 g/mol. The summed E-state index contributed by atoms with van der Waals surface area (Å²) >= 11 is 0. The van der Waals surface area contributed by atoms with E-state index in [9.17, 15) is 4.39 Å². The van der Waals surface area contributed by atoms with Gasteiger partial charge in [-0.3, -0.25) is 4.99 Å². The summed E-state index contributed by atoms with van der Waals surface area (Å²) in [6.45, 7) is 14.4. The van der Waals surface area contributed by atoms with Crippen molar-refractivity contribution in [2.45, 2.75) is 60.8 Å². The van der Waals surface area contributed by atoms with E-state index in [-0.39, 0.29) is 13.2 Å². The minimum absolute atomic E-state index is 0. The molecule has 2 nitrogen and oxygen atoms in total. The first-order valence-corrected chi connectivity index (χ1v) is 9.56. The van der Waals surface area contributed by atoms with Gasteiger partial charge < -0.3 is 4.90 Å². The van der Waals surface area contributed by atoms with Gasteiger partial charge in [0.2, 0.25) is 0 Å². The molecule has 1 aromatic carbocycles. The summed E-state index contributed by atoms with van der Waals surface area (Å²) in [5.41, 5.74) is 5.62. The molecule has 0 bridgehead atoms. The number of hydrogen-bond donors (Lipinski definition) is 0. The van der Waals surface area contributed by atoms with Crippen LogP contribution in [0.5, 0.6) is 0 Å². The third-order valence-corrected chi connectivity index (χ3v) is 4.98. The highest BCUT2D eigenvalue weighted by Crippen LogP contribution is 2.24. The van der Waals surface area contributed by atoms with Crippen LogP contribution in [0.3, 0.4) is 0 Å². The number of benzene rings is 1. The standard InChI is InChI=1S/C23H31FN2.CH4/c1-6-20(21-12-8-9-13-22(21)24)16-23(25-17(2)3)18(4)19(5)26-14-10-7-11-15-26;/h8-9,12-13,16H,2,6-7,10-11,14-15H2,1,3-5H3;1H4/b19-18+,20-16+,25-23?;. The van der Waals surface area contributed by atoms with Crippen molar-refractivity contribution in [2.24, 2.45) is 4.99 Å². The Morgan fingerprint density at radius 1 is 1.15 bits per heavy atom. The summed E-state index contributed by atoms with van der Waals surface area (Å²) in [6.07, 6.45) is 6.55. The van der Waals surface area contributed by atoms with E-state index in [1.165, 1.54) is 31.0 Å². The van der Waals surface area contributed by atoms with E-state index in [0.29, 0.717) is 5.56 Å². The third kappa shape index (κ3) is 6.20. The van der Waals surface area contributed by atoms with E-state index >= 15 is 0 Å². The van der Waals surface area contributed by atoms with Crippen LogP contribution in [0.1, 0.15) is 66.4 Å². The lowest BCUT2D eigenvalue weighted by atomic mass is 9.98. The zero-order chi connectivity index (χ0) is 19.1. The molecule has 0 radical (unpaired) electrons. The van der Waals surface area contributed by atoms with Crippen LogP contribution in [0.25, 0.3) is 5.57 Å². The molecule has 1 saturated heterocycles. The van der Waals surface area contributed by atoms with Crippen molar-refractivity contribution in [3.8, 4) is 0 Å². The highest BCUT2D eigenvalue weighted by atomic mass is 19.1. The number of hydrogen-bond acceptors (Lipinski definition) is 2. The third-order valence-electron chi connectivity index (χ3n) is 4.98. The van der Waals surface area contributed by atoms with Gasteiger partial charge in [-0.2, -0.15) is 0 Å². The smallest absolute Gasteiger partial charge is 0.130 e. The van der Waals surface area contributed by atoms with Crippen LogP contribution in [0.4, 0.5) is 4.39 Å². The Hall–Kier alpha value is -2.16. The molecule has 27 heavy (non-hydrogen) atoms. The van der Waals surface area contributed by atoms with Crippen molar-refractivity contribution < 1.29 is 4.39 Å². The molecule has 2 rings (SSSR count). The topological polar surface area (TPSA) is 15.6 Å². The van der Waals surface area contributed by atoms with Crippen molar-refractivity contribution in [3.63, 3.8) is 0 Å². The molecule has 0 N–H and O–H groups in total. The monoisotopic (exact) mass is 370 g/mol. The molecule has 0 spiro atoms. The second-order valence-corrected chi connectivity index (χ2v) is 6.99. The van der Waals surface area contributed by atoms with Crippen LogP contribution >= 0.6 is 0 Å². The van der Waals surface area contributed by atoms with Gasteiger partial charge in [-0.15, -0.1) is 0 Å². The van der Waals surface area contributed by atoms with Crippen molar-refractivity contribution in [1.29, 1.82) is 0 Å². The summed E-state index contributed by atoms with van der Waals surface area (Å²) in [5, 5.41) is 0. The lowest BCUT2D eigenvalue weighted by Gasteiger charge is -2.31. The second-order valence-electron chi connectivity index (χ2n) is 6.99. The van der Waals surface area contributed by atoms with Crippen LogP contribution in [0, 0.1) is 5.82 Å². The van der Waals surface area contributed by atoms with Gasteiger partial charge in [-0.05, 0) is 69.7 Å². The fraction of sp³-hybridized carbons (Fsp3) is 0.458. The molecule has 1 aliphatic heterocycles. The Bertz CT molecular complexity index is 735. The predicted octanol–water partition coefficient (Wildman–Crippen LogP) is 7.01. The molecule has 0 atom stereocenters. The molecule has 0 aliphatic carbocycles. The van der Waals surface area contributed by atoms with E-state index in [0.717, 1.165) is 42.1 Å². The fourth-order valence-electron chi connectivity index (χ4n) is 3.34. The Balaban J connectivity index is 0.00000364. The molecule has 1 aromatic rings. The summed E-state index contributed by atoms with van der Waals surface area (Å²) in [5.74, 6) is -0.190. The molecule has 0 unspecified atom stereocenters. The number of nitrogens with zero attached hydrogens (tertiary/aromatic N) is 2. The van der Waals surface area contributed by atoms with Crippen LogP contribution < -0.4 is 0 Å². The number of rotatable bonds is 6. The van der Waals surface area contributed by atoms with Gasteiger partial charge in [0.15, 0.2) is 0 Å². The molecule has 1 fully saturated rings. The van der Waals surface area contributed by atoms with E-state index in [2.05, 4.69) is 30.3 Å². The largest absolute Gasteiger partial charge is 0.375 e. The highest BCUT2D eigenvalue weighted by molar-refractivity contribution is 6.12. The van der Waals surface area contributed by atoms with Gasteiger partial charge >= 0.3 is 0 Å². The zero-order valence-electron chi connectivity index (χ0n) is 16.6. The lowest BCUT2D eigenvalue weighted by Crippen LogP contribution is -2.29. The molecule has 0 aromatic heterocycles. The van der Waals surface area contributed by atoms with Gasteiger partial charge in [0.25, 0.3) is 0 Å². The maximum atomic E-state index is 14.3. The normalized spacial score (nSPS) is 16.6. The van der Waals surface area contributed by atoms with E-state index in [1.807, 2.05) is 32.1 Å². The van der Waals surface area contributed by atoms with E-state index < -0.39 is 0 Å². The van der Waals surface area contributed by atoms with E-state index in [4.69, 9.17) is 0 Å². The van der Waals surface area contributed by atoms with Crippen LogP contribution in [-0.2, 0) is 0 Å². The Kier molecular flexibility index (Phi) is 9.20. The van der Waals surface area contributed by atoms with Crippen molar-refractivity contribution >= 4 is 11.3 Å². The second kappa shape index (κ2) is 10.9. The number of likely N-dealkylation sites (tertiary alicyclic amines) is 1. The Labute approximate surface area is 165 Å². The summed E-state index contributed by atoms with van der Waals surface area (Å²) in [6, 6.07) is 6.94.